The van der Waals surface area contributed by atoms with Crippen LogP contribution in [-0.2, 0) is 0 Å². The molecule has 0 spiro atoms. The van der Waals surface area contributed by atoms with Gasteiger partial charge in [0.2, 0.25) is 5.78 Å². The number of rotatable bonds is 3. The summed E-state index contributed by atoms with van der Waals surface area (Å²) < 4.78 is 10.5. The Morgan fingerprint density at radius 3 is 2.20 bits per heavy atom. The van der Waals surface area contributed by atoms with Gasteiger partial charge in [0.25, 0.3) is 0 Å². The molecule has 3 aromatic rings. The third-order valence-electron chi connectivity index (χ3n) is 4.20. The van der Waals surface area contributed by atoms with E-state index in [4.69, 9.17) is 9.15 Å². The minimum atomic E-state index is -0.0817. The van der Waals surface area contributed by atoms with Gasteiger partial charge < -0.3 is 9.15 Å². The number of furan rings is 1. The average molecular weight is 328 g/mol. The maximum absolute atomic E-state index is 12.1. The van der Waals surface area contributed by atoms with Crippen molar-refractivity contribution in [2.75, 3.05) is 7.11 Å². The molecule has 25 heavy (non-hydrogen) atoms. The largest absolute Gasteiger partial charge is 0.496 e. The molecule has 0 bridgehead atoms. The van der Waals surface area contributed by atoms with Gasteiger partial charge in [-0.1, -0.05) is 60.7 Å². The zero-order valence-electron chi connectivity index (χ0n) is 13.7. The Labute approximate surface area is 144 Å². The van der Waals surface area contributed by atoms with E-state index in [1.54, 1.807) is 25.3 Å². The van der Waals surface area contributed by atoms with Crippen LogP contribution in [0, 0.1) is 10.4 Å². The van der Waals surface area contributed by atoms with Crippen LogP contribution in [0.1, 0.15) is 16.1 Å². The minimum absolute atomic E-state index is 0.0817. The predicted octanol–water partition coefficient (Wildman–Crippen LogP) is 4.96. The summed E-state index contributed by atoms with van der Waals surface area (Å²) in [6.45, 7) is 0. The number of hydrogen-bond donors (Lipinski definition) is 0. The zero-order chi connectivity index (χ0) is 17.2. The molecule has 122 valence electrons. The highest BCUT2D eigenvalue weighted by Crippen LogP contribution is 2.23. The first-order valence-corrected chi connectivity index (χ1v) is 8.03. The number of para-hydroxylation sites is 1. The molecule has 2 aliphatic rings. The molecule has 0 saturated carbocycles. The highest BCUT2D eigenvalue weighted by atomic mass is 16.5. The second kappa shape index (κ2) is 6.29. The summed E-state index contributed by atoms with van der Waals surface area (Å²) in [5.74, 6) is 1.33. The number of carbonyl (C=O) groups is 1. The fourth-order valence-corrected chi connectivity index (χ4v) is 2.75. The van der Waals surface area contributed by atoms with Crippen LogP contribution in [0.25, 0.3) is 11.0 Å². The van der Waals surface area contributed by atoms with Gasteiger partial charge in [0.05, 0.1) is 7.11 Å². The second-order valence-corrected chi connectivity index (χ2v) is 5.76. The monoisotopic (exact) mass is 328 g/mol. The van der Waals surface area contributed by atoms with Crippen LogP contribution < -0.4 is 4.74 Å². The molecule has 0 amide bonds. The molecule has 0 aliphatic heterocycles. The SMILES string of the molecule is COc1cc2ccc1=2.O=C(c1ccccc1)c1cc2ccccc2o1. The first-order chi connectivity index (χ1) is 12.3. The second-order valence-electron chi connectivity index (χ2n) is 5.76. The predicted molar refractivity (Wildman–Crippen MR) is 96.8 cm³/mol. The Bertz CT molecular complexity index is 1110. The molecule has 1 heterocycles. The molecule has 0 radical (unpaired) electrons. The molecular weight excluding hydrogens is 312 g/mol. The third kappa shape index (κ3) is 2.81. The van der Waals surface area contributed by atoms with E-state index in [1.807, 2.05) is 48.5 Å². The van der Waals surface area contributed by atoms with Crippen molar-refractivity contribution in [3.05, 3.63) is 101 Å². The van der Waals surface area contributed by atoms with E-state index in [1.165, 1.54) is 10.4 Å². The molecule has 0 saturated heterocycles. The lowest BCUT2D eigenvalue weighted by molar-refractivity contribution is 0.101. The number of carbonyl (C=O) groups excluding carboxylic acids is 1. The van der Waals surface area contributed by atoms with Gasteiger partial charge >= 0.3 is 0 Å². The first-order valence-electron chi connectivity index (χ1n) is 8.03. The molecule has 0 unspecified atom stereocenters. The van der Waals surface area contributed by atoms with Crippen LogP contribution in [0.3, 0.4) is 0 Å². The van der Waals surface area contributed by atoms with Crippen LogP contribution in [0.15, 0.2) is 83.3 Å². The summed E-state index contributed by atoms with van der Waals surface area (Å²) in [5, 5.41) is 3.57. The maximum Gasteiger partial charge on any atom is 0.228 e. The van der Waals surface area contributed by atoms with Crippen molar-refractivity contribution in [1.29, 1.82) is 0 Å². The molecule has 1 aromatic heterocycles. The number of benzene rings is 3. The Kier molecular flexibility index (Phi) is 3.82. The van der Waals surface area contributed by atoms with Gasteiger partial charge in [-0.05, 0) is 23.4 Å². The Hall–Kier alpha value is -3.33. The summed E-state index contributed by atoms with van der Waals surface area (Å²) >= 11 is 0. The molecule has 2 aromatic carbocycles. The van der Waals surface area contributed by atoms with Crippen LogP contribution in [0.2, 0.25) is 0 Å². The molecule has 5 rings (SSSR count). The highest BCUT2D eigenvalue weighted by Gasteiger charge is 2.13. The Balaban J connectivity index is 0.000000163. The maximum atomic E-state index is 12.1. The van der Waals surface area contributed by atoms with Gasteiger partial charge in [-0.3, -0.25) is 4.79 Å². The van der Waals surface area contributed by atoms with Gasteiger partial charge in [-0.2, -0.15) is 0 Å². The average Bonchev–Trinajstić information content (AvgIpc) is 3.08. The number of ketones is 1. The third-order valence-corrected chi connectivity index (χ3v) is 4.20. The molecular formula is C22H16O3. The van der Waals surface area contributed by atoms with E-state index in [9.17, 15) is 4.79 Å². The Morgan fingerprint density at radius 2 is 1.64 bits per heavy atom. The first kappa shape index (κ1) is 15.2. The van der Waals surface area contributed by atoms with Crippen molar-refractivity contribution >= 4 is 16.8 Å². The van der Waals surface area contributed by atoms with Crippen molar-refractivity contribution in [3.63, 3.8) is 0 Å². The van der Waals surface area contributed by atoms with Crippen LogP contribution >= 0.6 is 0 Å². The zero-order valence-corrected chi connectivity index (χ0v) is 13.7. The summed E-state index contributed by atoms with van der Waals surface area (Å²) in [4.78, 5) is 12.1. The molecule has 0 N–H and O–H groups in total. The van der Waals surface area contributed by atoms with E-state index in [2.05, 4.69) is 12.1 Å². The van der Waals surface area contributed by atoms with E-state index in [0.717, 1.165) is 16.7 Å². The van der Waals surface area contributed by atoms with Crippen molar-refractivity contribution in [1.82, 2.24) is 0 Å². The summed E-state index contributed by atoms with van der Waals surface area (Å²) in [5.41, 5.74) is 1.39. The minimum Gasteiger partial charge on any atom is -0.496 e. The molecule has 0 fully saturated rings. The van der Waals surface area contributed by atoms with E-state index in [0.29, 0.717) is 11.3 Å². The number of fused-ring (bicyclic) bond motifs is 1. The summed E-state index contributed by atoms with van der Waals surface area (Å²) in [7, 11) is 1.70. The summed E-state index contributed by atoms with van der Waals surface area (Å²) in [6, 6.07) is 24.7. The van der Waals surface area contributed by atoms with Crippen molar-refractivity contribution in [2.24, 2.45) is 0 Å². The quantitative estimate of drug-likeness (QED) is 0.439. The topological polar surface area (TPSA) is 39.4 Å². The van der Waals surface area contributed by atoms with Crippen LogP contribution in [0.4, 0.5) is 0 Å². The number of hydrogen-bond acceptors (Lipinski definition) is 3. The van der Waals surface area contributed by atoms with E-state index >= 15 is 0 Å². The standard InChI is InChI=1S/C15H10O2.C7H6O/c16-15(11-6-2-1-3-7-11)14-10-12-8-4-5-9-13(12)17-14;1-8-7-4-5-2-3-6(5)7/h1-10H;2-4H,1H3. The summed E-state index contributed by atoms with van der Waals surface area (Å²) in [6.07, 6.45) is 0. The lowest BCUT2D eigenvalue weighted by Crippen LogP contribution is -1.98. The van der Waals surface area contributed by atoms with E-state index in [-0.39, 0.29) is 5.78 Å². The van der Waals surface area contributed by atoms with Gasteiger partial charge in [-0.25, -0.2) is 0 Å². The highest BCUT2D eigenvalue weighted by molar-refractivity contribution is 6.08. The lowest BCUT2D eigenvalue weighted by Gasteiger charge is -2.08. The van der Waals surface area contributed by atoms with Crippen LogP contribution in [0.5, 0.6) is 5.75 Å². The van der Waals surface area contributed by atoms with Crippen molar-refractivity contribution in [2.45, 2.75) is 0 Å². The molecule has 2 aliphatic carbocycles. The fourth-order valence-electron chi connectivity index (χ4n) is 2.75. The number of methoxy groups -OCH3 is 1. The van der Waals surface area contributed by atoms with Gasteiger partial charge in [-0.15, -0.1) is 0 Å². The number of ether oxygens (including phenoxy) is 1. The molecule has 3 nitrogen and oxygen atoms in total. The van der Waals surface area contributed by atoms with Gasteiger partial charge in [0.15, 0.2) is 5.76 Å². The van der Waals surface area contributed by atoms with E-state index < -0.39 is 0 Å². The van der Waals surface area contributed by atoms with Gasteiger partial charge in [0, 0.05) is 16.2 Å². The fraction of sp³-hybridized carbons (Fsp3) is 0.0455. The van der Waals surface area contributed by atoms with Gasteiger partial charge in [0.1, 0.15) is 11.3 Å². The molecule has 0 atom stereocenters. The van der Waals surface area contributed by atoms with Crippen molar-refractivity contribution < 1.29 is 13.9 Å². The normalized spacial score (nSPS) is 10.8. The van der Waals surface area contributed by atoms with Crippen molar-refractivity contribution in [3.8, 4) is 5.75 Å². The Morgan fingerprint density at radius 1 is 0.880 bits per heavy atom. The molecule has 3 heteroatoms. The smallest absolute Gasteiger partial charge is 0.228 e. The van der Waals surface area contributed by atoms with Crippen LogP contribution in [-0.4, -0.2) is 12.9 Å². The lowest BCUT2D eigenvalue weighted by atomic mass is 10.1.